The summed E-state index contributed by atoms with van der Waals surface area (Å²) in [6.45, 7) is 7.09. The number of hydrogen-bond donors (Lipinski definition) is 1. The summed E-state index contributed by atoms with van der Waals surface area (Å²) in [5, 5.41) is 19.1. The quantitative estimate of drug-likeness (QED) is 0.852. The van der Waals surface area contributed by atoms with Crippen LogP contribution in [0.2, 0.25) is 0 Å². The molecule has 0 fully saturated rings. The first-order valence-electron chi connectivity index (χ1n) is 7.24. The average molecular weight is 294 g/mol. The van der Waals surface area contributed by atoms with Crippen LogP contribution in [-0.4, -0.2) is 24.5 Å². The van der Waals surface area contributed by atoms with E-state index in [-0.39, 0.29) is 0 Å². The third-order valence-corrected chi connectivity index (χ3v) is 4.22. The zero-order valence-electron chi connectivity index (χ0n) is 12.3. The number of aromatic nitrogens is 4. The summed E-state index contributed by atoms with van der Waals surface area (Å²) >= 11 is 1.30. The van der Waals surface area contributed by atoms with E-state index in [9.17, 15) is 5.11 Å². The van der Waals surface area contributed by atoms with Crippen molar-refractivity contribution < 1.29 is 5.11 Å². The van der Waals surface area contributed by atoms with Gasteiger partial charge < -0.3 is 5.11 Å². The lowest BCUT2D eigenvalue weighted by Gasteiger charge is -2.10. The molecule has 1 N–H and O–H groups in total. The molecule has 110 valence electrons. The predicted octanol–water partition coefficient (Wildman–Crippen LogP) is 2.55. The van der Waals surface area contributed by atoms with E-state index in [0.29, 0.717) is 6.42 Å². The van der Waals surface area contributed by atoms with E-state index in [0.717, 1.165) is 47.8 Å². The van der Waals surface area contributed by atoms with E-state index in [4.69, 9.17) is 0 Å². The minimum absolute atomic E-state index is 0.539. The Balaban J connectivity index is 2.16. The summed E-state index contributed by atoms with van der Waals surface area (Å²) < 4.78 is 5.94. The topological polar surface area (TPSA) is 63.8 Å². The standard InChI is InChI=1S/C14H22N4OS/c1-4-7-12-14(20-17-15-12)13(19)9-11-8-10(5-2)16-18(11)6-3/h8,13,19H,4-7,9H2,1-3H3. The highest BCUT2D eigenvalue weighted by Crippen LogP contribution is 2.25. The minimum Gasteiger partial charge on any atom is -0.387 e. The van der Waals surface area contributed by atoms with Crippen molar-refractivity contribution in [3.8, 4) is 0 Å². The van der Waals surface area contributed by atoms with Crippen LogP contribution >= 0.6 is 11.5 Å². The van der Waals surface area contributed by atoms with Gasteiger partial charge in [-0.1, -0.05) is 24.8 Å². The van der Waals surface area contributed by atoms with E-state index in [2.05, 4.69) is 41.5 Å². The summed E-state index contributed by atoms with van der Waals surface area (Å²) in [5.74, 6) is 0. The van der Waals surface area contributed by atoms with Crippen molar-refractivity contribution in [3.63, 3.8) is 0 Å². The highest BCUT2D eigenvalue weighted by molar-refractivity contribution is 7.05. The molecule has 0 amide bonds. The van der Waals surface area contributed by atoms with Crippen LogP contribution in [0.15, 0.2) is 6.07 Å². The van der Waals surface area contributed by atoms with Crippen molar-refractivity contribution in [3.05, 3.63) is 28.0 Å². The predicted molar refractivity (Wildman–Crippen MR) is 79.8 cm³/mol. The number of rotatable bonds is 7. The minimum atomic E-state index is -0.539. The third-order valence-electron chi connectivity index (χ3n) is 3.35. The molecule has 0 spiro atoms. The molecular weight excluding hydrogens is 272 g/mol. The lowest BCUT2D eigenvalue weighted by Crippen LogP contribution is -2.09. The molecule has 0 saturated carbocycles. The average Bonchev–Trinajstić information content (AvgIpc) is 3.05. The van der Waals surface area contributed by atoms with Gasteiger partial charge in [-0.2, -0.15) is 5.10 Å². The number of nitrogens with zero attached hydrogens (tertiary/aromatic N) is 4. The van der Waals surface area contributed by atoms with Gasteiger partial charge in [0.25, 0.3) is 0 Å². The van der Waals surface area contributed by atoms with Gasteiger partial charge in [-0.05, 0) is 37.4 Å². The second-order valence-corrected chi connectivity index (χ2v) is 5.64. The second-order valence-electron chi connectivity index (χ2n) is 4.85. The van der Waals surface area contributed by atoms with E-state index in [1.165, 1.54) is 11.5 Å². The first-order valence-corrected chi connectivity index (χ1v) is 8.01. The molecule has 1 atom stereocenters. The van der Waals surface area contributed by atoms with Crippen LogP contribution in [0.5, 0.6) is 0 Å². The maximum absolute atomic E-state index is 10.5. The van der Waals surface area contributed by atoms with Crippen LogP contribution in [0.4, 0.5) is 0 Å². The zero-order valence-corrected chi connectivity index (χ0v) is 13.2. The summed E-state index contributed by atoms with van der Waals surface area (Å²) in [7, 11) is 0. The SMILES string of the molecule is CCCc1nnsc1C(O)Cc1cc(CC)nn1CC. The summed E-state index contributed by atoms with van der Waals surface area (Å²) in [5.41, 5.74) is 3.08. The van der Waals surface area contributed by atoms with Crippen LogP contribution in [0.1, 0.15) is 55.3 Å². The van der Waals surface area contributed by atoms with Gasteiger partial charge in [-0.3, -0.25) is 4.68 Å². The summed E-state index contributed by atoms with van der Waals surface area (Å²) in [6, 6.07) is 2.08. The normalized spacial score (nSPS) is 12.8. The lowest BCUT2D eigenvalue weighted by atomic mass is 10.1. The fraction of sp³-hybridized carbons (Fsp3) is 0.643. The maximum atomic E-state index is 10.5. The van der Waals surface area contributed by atoms with Crippen LogP contribution in [0.3, 0.4) is 0 Å². The second kappa shape index (κ2) is 6.95. The molecule has 0 aliphatic heterocycles. The molecule has 2 rings (SSSR count). The maximum Gasteiger partial charge on any atom is 0.0972 e. The van der Waals surface area contributed by atoms with Gasteiger partial charge in [-0.15, -0.1) is 5.10 Å². The Kier molecular flexibility index (Phi) is 5.25. The van der Waals surface area contributed by atoms with Gasteiger partial charge in [0.1, 0.15) is 0 Å². The van der Waals surface area contributed by atoms with Crippen molar-refractivity contribution in [1.82, 2.24) is 19.4 Å². The summed E-state index contributed by atoms with van der Waals surface area (Å²) in [6.07, 6.45) is 2.83. The monoisotopic (exact) mass is 294 g/mol. The van der Waals surface area contributed by atoms with Crippen LogP contribution < -0.4 is 0 Å². The number of aliphatic hydroxyl groups is 1. The van der Waals surface area contributed by atoms with E-state index >= 15 is 0 Å². The van der Waals surface area contributed by atoms with Gasteiger partial charge in [0, 0.05) is 18.7 Å². The van der Waals surface area contributed by atoms with Crippen molar-refractivity contribution in [2.75, 3.05) is 0 Å². The Morgan fingerprint density at radius 1 is 1.35 bits per heavy atom. The van der Waals surface area contributed by atoms with Crippen molar-refractivity contribution in [2.45, 2.75) is 59.1 Å². The molecule has 0 saturated heterocycles. The zero-order chi connectivity index (χ0) is 14.5. The molecule has 0 bridgehead atoms. The van der Waals surface area contributed by atoms with E-state index in [1.54, 1.807) is 0 Å². The Hall–Kier alpha value is -1.27. The number of aliphatic hydroxyl groups excluding tert-OH is 1. The molecule has 0 radical (unpaired) electrons. The molecule has 2 heterocycles. The Morgan fingerprint density at radius 2 is 2.15 bits per heavy atom. The van der Waals surface area contributed by atoms with E-state index < -0.39 is 6.10 Å². The van der Waals surface area contributed by atoms with Crippen molar-refractivity contribution in [2.24, 2.45) is 0 Å². The van der Waals surface area contributed by atoms with Crippen LogP contribution in [0.25, 0.3) is 0 Å². The molecule has 20 heavy (non-hydrogen) atoms. The number of aryl methyl sites for hydroxylation is 3. The molecule has 2 aromatic heterocycles. The van der Waals surface area contributed by atoms with Crippen molar-refractivity contribution in [1.29, 1.82) is 0 Å². The Labute approximate surface area is 123 Å². The van der Waals surface area contributed by atoms with Gasteiger partial charge >= 0.3 is 0 Å². The Morgan fingerprint density at radius 3 is 2.80 bits per heavy atom. The van der Waals surface area contributed by atoms with Crippen molar-refractivity contribution >= 4 is 11.5 Å². The molecule has 0 aromatic carbocycles. The van der Waals surface area contributed by atoms with Gasteiger partial charge in [-0.25, -0.2) is 0 Å². The van der Waals surface area contributed by atoms with Gasteiger partial charge in [0.15, 0.2) is 0 Å². The first-order chi connectivity index (χ1) is 9.69. The fourth-order valence-corrected chi connectivity index (χ4v) is 2.98. The Bertz CT molecular complexity index is 549. The molecule has 5 nitrogen and oxygen atoms in total. The first kappa shape index (κ1) is 15.1. The molecule has 0 aliphatic rings. The highest BCUT2D eigenvalue weighted by atomic mass is 32.1. The largest absolute Gasteiger partial charge is 0.387 e. The van der Waals surface area contributed by atoms with E-state index in [1.807, 2.05) is 4.68 Å². The molecule has 6 heteroatoms. The molecule has 0 aliphatic carbocycles. The third kappa shape index (κ3) is 3.24. The molecule has 2 aromatic rings. The molecule has 1 unspecified atom stereocenters. The highest BCUT2D eigenvalue weighted by Gasteiger charge is 2.19. The van der Waals surface area contributed by atoms with Crippen LogP contribution in [0, 0.1) is 0 Å². The van der Waals surface area contributed by atoms with Gasteiger partial charge in [0.2, 0.25) is 0 Å². The fourth-order valence-electron chi connectivity index (χ4n) is 2.30. The molecular formula is C14H22N4OS. The van der Waals surface area contributed by atoms with Crippen LogP contribution in [-0.2, 0) is 25.8 Å². The summed E-state index contributed by atoms with van der Waals surface area (Å²) in [4.78, 5) is 0.897. The lowest BCUT2D eigenvalue weighted by molar-refractivity contribution is 0.178. The smallest absolute Gasteiger partial charge is 0.0972 e. The van der Waals surface area contributed by atoms with Gasteiger partial charge in [0.05, 0.1) is 22.4 Å². The number of hydrogen-bond acceptors (Lipinski definition) is 5.